The Kier molecular flexibility index (Phi) is 7.66. The average molecular weight is 366 g/mol. The van der Waals surface area contributed by atoms with Gasteiger partial charge in [-0.3, -0.25) is 0 Å². The van der Waals surface area contributed by atoms with E-state index in [-0.39, 0.29) is 22.8 Å². The fourth-order valence-electron chi connectivity index (χ4n) is 3.97. The molecular formula is C21H35NO2S. The van der Waals surface area contributed by atoms with Crippen LogP contribution in [0.3, 0.4) is 0 Å². The molecule has 0 aromatic heterocycles. The van der Waals surface area contributed by atoms with Crippen LogP contribution in [0.15, 0.2) is 30.3 Å². The summed E-state index contributed by atoms with van der Waals surface area (Å²) >= 11 is 0. The maximum absolute atomic E-state index is 12.7. The van der Waals surface area contributed by atoms with Crippen molar-refractivity contribution in [3.8, 4) is 0 Å². The van der Waals surface area contributed by atoms with Crippen LogP contribution in [-0.4, -0.2) is 26.2 Å². The third-order valence-corrected chi connectivity index (χ3v) is 7.08. The second-order valence-corrected chi connectivity index (χ2v) is 10.4. The summed E-state index contributed by atoms with van der Waals surface area (Å²) in [6.45, 7) is 8.21. The van der Waals surface area contributed by atoms with E-state index in [2.05, 4.69) is 35.9 Å². The summed E-state index contributed by atoms with van der Waals surface area (Å²) < 4.78 is 15.9. The maximum atomic E-state index is 12.7. The zero-order chi connectivity index (χ0) is 18.4. The molecule has 1 aromatic rings. The Morgan fingerprint density at radius 2 is 1.92 bits per heavy atom. The van der Waals surface area contributed by atoms with Crippen LogP contribution in [0.4, 0.5) is 0 Å². The molecule has 1 aromatic carbocycles. The molecule has 0 amide bonds. The van der Waals surface area contributed by atoms with E-state index < -0.39 is 11.0 Å². The van der Waals surface area contributed by atoms with Gasteiger partial charge in [-0.15, -0.1) is 0 Å². The summed E-state index contributed by atoms with van der Waals surface area (Å²) in [6.07, 6.45) is 5.78. The van der Waals surface area contributed by atoms with Gasteiger partial charge in [-0.05, 0) is 57.9 Å². The van der Waals surface area contributed by atoms with Crippen molar-refractivity contribution in [1.82, 2.24) is 4.72 Å². The highest BCUT2D eigenvalue weighted by molar-refractivity contribution is 7.84. The number of nitrogens with one attached hydrogen (secondary N) is 1. The molecule has 142 valence electrons. The first-order valence-electron chi connectivity index (χ1n) is 9.73. The van der Waals surface area contributed by atoms with Gasteiger partial charge >= 0.3 is 0 Å². The summed E-state index contributed by atoms with van der Waals surface area (Å²) in [4.78, 5) is 0. The van der Waals surface area contributed by atoms with Crippen molar-refractivity contribution in [1.29, 1.82) is 0 Å². The van der Waals surface area contributed by atoms with E-state index in [1.807, 2.05) is 26.8 Å². The zero-order valence-corrected chi connectivity index (χ0v) is 17.0. The largest absolute Gasteiger partial charge is 0.393 e. The second-order valence-electron chi connectivity index (χ2n) is 8.37. The van der Waals surface area contributed by atoms with Crippen molar-refractivity contribution in [2.24, 2.45) is 11.8 Å². The van der Waals surface area contributed by atoms with Crippen LogP contribution in [0, 0.1) is 11.8 Å². The predicted octanol–water partition coefficient (Wildman–Crippen LogP) is 4.23. The number of hydrogen-bond donors (Lipinski definition) is 2. The summed E-state index contributed by atoms with van der Waals surface area (Å²) in [5, 5.41) is 10.7. The van der Waals surface area contributed by atoms with Crippen LogP contribution in [0.1, 0.15) is 65.4 Å². The minimum Gasteiger partial charge on any atom is -0.393 e. The van der Waals surface area contributed by atoms with Gasteiger partial charge in [0.05, 0.1) is 21.8 Å². The van der Waals surface area contributed by atoms with E-state index in [1.54, 1.807) is 0 Å². The molecule has 5 atom stereocenters. The monoisotopic (exact) mass is 365 g/mol. The predicted molar refractivity (Wildman–Crippen MR) is 107 cm³/mol. The van der Waals surface area contributed by atoms with Gasteiger partial charge in [0, 0.05) is 12.0 Å². The van der Waals surface area contributed by atoms with E-state index in [0.717, 1.165) is 32.1 Å². The van der Waals surface area contributed by atoms with Gasteiger partial charge < -0.3 is 5.11 Å². The second kappa shape index (κ2) is 9.29. The van der Waals surface area contributed by atoms with Gasteiger partial charge in [-0.2, -0.15) is 0 Å². The number of rotatable bonds is 7. The first-order chi connectivity index (χ1) is 11.8. The Morgan fingerprint density at radius 1 is 1.24 bits per heavy atom. The van der Waals surface area contributed by atoms with E-state index >= 15 is 0 Å². The maximum Gasteiger partial charge on any atom is 0.0972 e. The normalized spacial score (nSPS) is 27.0. The molecule has 2 rings (SSSR count). The average Bonchev–Trinajstić information content (AvgIpc) is 2.58. The summed E-state index contributed by atoms with van der Waals surface area (Å²) in [5.41, 5.74) is 1.30. The van der Waals surface area contributed by atoms with Crippen molar-refractivity contribution in [2.45, 2.75) is 83.1 Å². The van der Waals surface area contributed by atoms with Crippen molar-refractivity contribution in [3.05, 3.63) is 35.9 Å². The van der Waals surface area contributed by atoms with Crippen LogP contribution in [0.5, 0.6) is 0 Å². The zero-order valence-electron chi connectivity index (χ0n) is 16.2. The molecule has 1 aliphatic rings. The highest BCUT2D eigenvalue weighted by atomic mass is 32.2. The molecule has 0 spiro atoms. The van der Waals surface area contributed by atoms with Crippen LogP contribution < -0.4 is 4.72 Å². The van der Waals surface area contributed by atoms with Crippen molar-refractivity contribution < 1.29 is 9.32 Å². The van der Waals surface area contributed by atoms with Gasteiger partial charge in [0.25, 0.3) is 0 Å². The van der Waals surface area contributed by atoms with Gasteiger partial charge in [0.1, 0.15) is 0 Å². The number of benzene rings is 1. The molecule has 3 nitrogen and oxygen atoms in total. The molecule has 0 saturated heterocycles. The van der Waals surface area contributed by atoms with Crippen molar-refractivity contribution in [2.75, 3.05) is 0 Å². The minimum absolute atomic E-state index is 0.0838. The van der Waals surface area contributed by atoms with Crippen LogP contribution in [0.2, 0.25) is 0 Å². The van der Waals surface area contributed by atoms with Crippen molar-refractivity contribution >= 4 is 11.0 Å². The lowest BCUT2D eigenvalue weighted by molar-refractivity contribution is 0.0123. The highest BCUT2D eigenvalue weighted by Crippen LogP contribution is 2.36. The number of aliphatic hydroxyl groups is 1. The fraction of sp³-hybridized carbons (Fsp3) is 0.714. The molecular weight excluding hydrogens is 330 g/mol. The lowest BCUT2D eigenvalue weighted by atomic mass is 9.71. The Labute approximate surface area is 156 Å². The molecule has 2 N–H and O–H groups in total. The minimum atomic E-state index is -1.12. The standard InChI is InChI=1S/C21H35NO2S/c1-5-17-12-9-13-19(23)20(17)18(22-25(24)21(2,3)4)15-14-16-10-7-6-8-11-16/h6-8,10-11,17-20,22-23H,5,9,12-15H2,1-4H3/t17-,18+,19-,20-,25-/m1/s1. The highest BCUT2D eigenvalue weighted by Gasteiger charge is 2.38. The summed E-state index contributed by atoms with van der Waals surface area (Å²) in [7, 11) is -1.12. The fourth-order valence-corrected chi connectivity index (χ4v) is 4.88. The van der Waals surface area contributed by atoms with E-state index in [1.165, 1.54) is 12.0 Å². The lowest BCUT2D eigenvalue weighted by Gasteiger charge is -2.41. The number of hydrogen-bond acceptors (Lipinski definition) is 2. The molecule has 0 bridgehead atoms. The molecule has 0 unspecified atom stereocenters. The molecule has 0 heterocycles. The number of aryl methyl sites for hydroxylation is 1. The molecule has 0 aliphatic heterocycles. The lowest BCUT2D eigenvalue weighted by Crippen LogP contribution is -2.50. The van der Waals surface area contributed by atoms with Gasteiger partial charge in [0.15, 0.2) is 0 Å². The van der Waals surface area contributed by atoms with Crippen molar-refractivity contribution in [3.63, 3.8) is 0 Å². The molecule has 1 aliphatic carbocycles. The van der Waals surface area contributed by atoms with Gasteiger partial charge in [0.2, 0.25) is 0 Å². The Morgan fingerprint density at radius 3 is 2.52 bits per heavy atom. The summed E-state index contributed by atoms with van der Waals surface area (Å²) in [6, 6.07) is 10.5. The van der Waals surface area contributed by atoms with Crippen LogP contribution >= 0.6 is 0 Å². The number of aliphatic hydroxyl groups excluding tert-OH is 1. The van der Waals surface area contributed by atoms with E-state index in [0.29, 0.717) is 5.92 Å². The SMILES string of the molecule is CC[C@@H]1CCC[C@@H](O)[C@H]1[C@H](CCc1ccccc1)N[S@](=O)C(C)(C)C. The van der Waals surface area contributed by atoms with Crippen LogP contribution in [-0.2, 0) is 17.4 Å². The van der Waals surface area contributed by atoms with E-state index in [4.69, 9.17) is 0 Å². The third kappa shape index (κ3) is 5.90. The molecule has 25 heavy (non-hydrogen) atoms. The Balaban J connectivity index is 2.16. The van der Waals surface area contributed by atoms with Gasteiger partial charge in [-0.25, -0.2) is 8.93 Å². The van der Waals surface area contributed by atoms with E-state index in [9.17, 15) is 9.32 Å². The molecule has 0 radical (unpaired) electrons. The Bertz CT molecular complexity index is 541. The quantitative estimate of drug-likeness (QED) is 0.760. The van der Waals surface area contributed by atoms with Gasteiger partial charge in [-0.1, -0.05) is 50.1 Å². The smallest absolute Gasteiger partial charge is 0.0972 e. The molecule has 4 heteroatoms. The van der Waals surface area contributed by atoms with Crippen LogP contribution in [0.25, 0.3) is 0 Å². The first kappa shape index (κ1) is 20.6. The molecule has 1 fully saturated rings. The third-order valence-electron chi connectivity index (χ3n) is 5.45. The molecule has 1 saturated carbocycles. The summed E-state index contributed by atoms with van der Waals surface area (Å²) in [5.74, 6) is 0.697. The topological polar surface area (TPSA) is 49.3 Å². The Hall–Kier alpha value is -0.710. The first-order valence-corrected chi connectivity index (χ1v) is 10.9.